The van der Waals surface area contributed by atoms with Crippen LogP contribution in [0.1, 0.15) is 18.0 Å². The van der Waals surface area contributed by atoms with Gasteiger partial charge in [-0.2, -0.15) is 0 Å². The maximum Gasteiger partial charge on any atom is 0.0728 e. The van der Waals surface area contributed by atoms with Gasteiger partial charge in [0.25, 0.3) is 0 Å². The van der Waals surface area contributed by atoms with Crippen molar-refractivity contribution in [3.63, 3.8) is 0 Å². The number of hydrogen-bond acceptors (Lipinski definition) is 3. The van der Waals surface area contributed by atoms with E-state index in [0.717, 1.165) is 12.1 Å². The molecule has 2 atom stereocenters. The molecule has 0 bridgehead atoms. The van der Waals surface area contributed by atoms with E-state index in [9.17, 15) is 0 Å². The van der Waals surface area contributed by atoms with Gasteiger partial charge in [0.1, 0.15) is 0 Å². The molecule has 54 valence electrons. The Kier molecular flexibility index (Phi) is 1.05. The average molecular weight is 138 g/mol. The average Bonchev–Trinajstić information content (AvgIpc) is 2.42. The van der Waals surface area contributed by atoms with Crippen LogP contribution < -0.4 is 5.73 Å². The molecule has 10 heavy (non-hydrogen) atoms. The van der Waals surface area contributed by atoms with Gasteiger partial charge >= 0.3 is 0 Å². The van der Waals surface area contributed by atoms with Gasteiger partial charge in [0, 0.05) is 19.0 Å². The molecule has 2 rings (SSSR count). The zero-order chi connectivity index (χ0) is 7.14. The standard InChI is InChI=1S/C6H10N4/c1-10-6(3-8-9-10)4-2-5(4)7/h3-5H,2,7H2,1H3/t4-,5-/m1/s1. The Hall–Kier alpha value is -0.900. The van der Waals surface area contributed by atoms with Crippen LogP contribution in [0.3, 0.4) is 0 Å². The van der Waals surface area contributed by atoms with Gasteiger partial charge in [0.15, 0.2) is 0 Å². The minimum Gasteiger partial charge on any atom is -0.327 e. The summed E-state index contributed by atoms with van der Waals surface area (Å²) in [5.41, 5.74) is 6.82. The Morgan fingerprint density at radius 2 is 2.50 bits per heavy atom. The van der Waals surface area contributed by atoms with Gasteiger partial charge in [-0.05, 0) is 6.42 Å². The van der Waals surface area contributed by atoms with E-state index in [1.54, 1.807) is 10.9 Å². The van der Waals surface area contributed by atoms with Gasteiger partial charge in [0.05, 0.1) is 11.9 Å². The maximum atomic E-state index is 5.66. The molecule has 0 unspecified atom stereocenters. The first kappa shape index (κ1) is 5.85. The largest absolute Gasteiger partial charge is 0.327 e. The molecule has 1 aliphatic carbocycles. The molecule has 0 aliphatic heterocycles. The fraction of sp³-hybridized carbons (Fsp3) is 0.667. The van der Waals surface area contributed by atoms with E-state index in [4.69, 9.17) is 5.73 Å². The second-order valence-electron chi connectivity index (χ2n) is 2.79. The zero-order valence-electron chi connectivity index (χ0n) is 5.86. The minimum atomic E-state index is 0.345. The van der Waals surface area contributed by atoms with Gasteiger partial charge < -0.3 is 5.73 Å². The first-order valence-corrected chi connectivity index (χ1v) is 3.39. The Morgan fingerprint density at radius 1 is 1.80 bits per heavy atom. The van der Waals surface area contributed by atoms with E-state index < -0.39 is 0 Å². The summed E-state index contributed by atoms with van der Waals surface area (Å²) < 4.78 is 1.79. The lowest BCUT2D eigenvalue weighted by Crippen LogP contribution is -2.04. The monoisotopic (exact) mass is 138 g/mol. The summed E-state index contributed by atoms with van der Waals surface area (Å²) in [6.07, 6.45) is 2.87. The van der Waals surface area contributed by atoms with Crippen LogP contribution in [0.25, 0.3) is 0 Å². The highest BCUT2D eigenvalue weighted by Gasteiger charge is 2.37. The van der Waals surface area contributed by atoms with Gasteiger partial charge in [0.2, 0.25) is 0 Å². The summed E-state index contributed by atoms with van der Waals surface area (Å²) in [5.74, 6) is 0.514. The molecule has 1 heterocycles. The molecule has 1 aromatic rings. The van der Waals surface area contributed by atoms with Crippen molar-refractivity contribution < 1.29 is 0 Å². The summed E-state index contributed by atoms with van der Waals surface area (Å²) in [4.78, 5) is 0. The molecule has 0 aromatic carbocycles. The lowest BCUT2D eigenvalue weighted by atomic mass is 10.3. The van der Waals surface area contributed by atoms with Crippen molar-refractivity contribution in [2.75, 3.05) is 0 Å². The molecule has 4 heteroatoms. The number of hydrogen-bond donors (Lipinski definition) is 1. The predicted molar refractivity (Wildman–Crippen MR) is 36.3 cm³/mol. The van der Waals surface area contributed by atoms with Crippen LogP contribution in [-0.4, -0.2) is 21.0 Å². The highest BCUT2D eigenvalue weighted by atomic mass is 15.4. The Morgan fingerprint density at radius 3 is 2.90 bits per heavy atom. The van der Waals surface area contributed by atoms with Crippen molar-refractivity contribution in [1.29, 1.82) is 0 Å². The molecule has 1 saturated carbocycles. The normalized spacial score (nSPS) is 30.6. The number of aromatic nitrogens is 3. The fourth-order valence-corrected chi connectivity index (χ4v) is 1.19. The molecular formula is C6H10N4. The molecule has 1 aromatic heterocycles. The number of nitrogens with two attached hydrogens (primary N) is 1. The van der Waals surface area contributed by atoms with E-state index in [1.165, 1.54) is 0 Å². The summed E-state index contributed by atoms with van der Waals surface area (Å²) in [7, 11) is 1.90. The van der Waals surface area contributed by atoms with Crippen LogP contribution in [0.4, 0.5) is 0 Å². The van der Waals surface area contributed by atoms with Crippen molar-refractivity contribution in [3.8, 4) is 0 Å². The molecule has 4 nitrogen and oxygen atoms in total. The third-order valence-corrected chi connectivity index (χ3v) is 1.97. The van der Waals surface area contributed by atoms with Crippen molar-refractivity contribution in [2.45, 2.75) is 18.4 Å². The minimum absolute atomic E-state index is 0.345. The maximum absolute atomic E-state index is 5.66. The Labute approximate surface area is 59.0 Å². The van der Waals surface area contributed by atoms with E-state index >= 15 is 0 Å². The molecule has 2 N–H and O–H groups in total. The van der Waals surface area contributed by atoms with Crippen LogP contribution in [0.15, 0.2) is 6.20 Å². The summed E-state index contributed by atoms with van der Waals surface area (Å²) in [5, 5.41) is 7.60. The molecule has 0 spiro atoms. The van der Waals surface area contributed by atoms with Gasteiger partial charge in [-0.15, -0.1) is 5.10 Å². The predicted octanol–water partition coefficient (Wildman–Crippen LogP) is -0.370. The summed E-state index contributed by atoms with van der Waals surface area (Å²) in [6, 6.07) is 0.345. The van der Waals surface area contributed by atoms with Crippen molar-refractivity contribution in [3.05, 3.63) is 11.9 Å². The molecule has 0 amide bonds. The summed E-state index contributed by atoms with van der Waals surface area (Å²) >= 11 is 0. The van der Waals surface area contributed by atoms with Gasteiger partial charge in [-0.3, -0.25) is 4.68 Å². The molecule has 1 fully saturated rings. The third kappa shape index (κ3) is 0.724. The van der Waals surface area contributed by atoms with Crippen LogP contribution in [0.5, 0.6) is 0 Å². The highest BCUT2D eigenvalue weighted by molar-refractivity contribution is 5.16. The number of rotatable bonds is 1. The molecule has 0 radical (unpaired) electrons. The fourth-order valence-electron chi connectivity index (χ4n) is 1.19. The number of aryl methyl sites for hydroxylation is 1. The number of nitrogens with zero attached hydrogens (tertiary/aromatic N) is 3. The summed E-state index contributed by atoms with van der Waals surface area (Å²) in [6.45, 7) is 0. The van der Waals surface area contributed by atoms with Crippen LogP contribution in [-0.2, 0) is 7.05 Å². The van der Waals surface area contributed by atoms with E-state index in [1.807, 2.05) is 7.05 Å². The topological polar surface area (TPSA) is 56.7 Å². The van der Waals surface area contributed by atoms with Gasteiger partial charge in [-0.1, -0.05) is 5.21 Å². The van der Waals surface area contributed by atoms with Crippen molar-refractivity contribution in [2.24, 2.45) is 12.8 Å². The second kappa shape index (κ2) is 1.79. The Balaban J connectivity index is 2.26. The smallest absolute Gasteiger partial charge is 0.0728 e. The van der Waals surface area contributed by atoms with Gasteiger partial charge in [-0.25, -0.2) is 0 Å². The van der Waals surface area contributed by atoms with E-state index in [0.29, 0.717) is 12.0 Å². The molecule has 1 aliphatic rings. The Bertz CT molecular complexity index is 242. The third-order valence-electron chi connectivity index (χ3n) is 1.97. The van der Waals surface area contributed by atoms with Crippen molar-refractivity contribution in [1.82, 2.24) is 15.0 Å². The lowest BCUT2D eigenvalue weighted by molar-refractivity contribution is 0.675. The van der Waals surface area contributed by atoms with Crippen LogP contribution >= 0.6 is 0 Å². The van der Waals surface area contributed by atoms with Crippen LogP contribution in [0, 0.1) is 0 Å². The quantitative estimate of drug-likeness (QED) is 0.576. The first-order chi connectivity index (χ1) is 4.79. The lowest BCUT2D eigenvalue weighted by Gasteiger charge is -1.94. The van der Waals surface area contributed by atoms with Crippen LogP contribution in [0.2, 0.25) is 0 Å². The van der Waals surface area contributed by atoms with E-state index in [-0.39, 0.29) is 0 Å². The second-order valence-corrected chi connectivity index (χ2v) is 2.79. The first-order valence-electron chi connectivity index (χ1n) is 3.39. The van der Waals surface area contributed by atoms with E-state index in [2.05, 4.69) is 10.3 Å². The molecule has 0 saturated heterocycles. The molecular weight excluding hydrogens is 128 g/mol. The highest BCUT2D eigenvalue weighted by Crippen LogP contribution is 2.37. The SMILES string of the molecule is Cn1nncc1[C@@H]1C[C@H]1N. The zero-order valence-corrected chi connectivity index (χ0v) is 5.86. The van der Waals surface area contributed by atoms with Crippen molar-refractivity contribution >= 4 is 0 Å².